The van der Waals surface area contributed by atoms with Crippen LogP contribution in [0.3, 0.4) is 0 Å². The van der Waals surface area contributed by atoms with E-state index in [1.54, 1.807) is 6.07 Å². The van der Waals surface area contributed by atoms with E-state index in [9.17, 15) is 0 Å². The molecule has 0 unspecified atom stereocenters. The summed E-state index contributed by atoms with van der Waals surface area (Å²) in [4.78, 5) is 4.46. The lowest BCUT2D eigenvalue weighted by Gasteiger charge is -2.07. The molecule has 0 spiro atoms. The first-order valence-corrected chi connectivity index (χ1v) is 9.58. The van der Waals surface area contributed by atoms with Gasteiger partial charge in [-0.1, -0.05) is 53.7 Å². The Bertz CT molecular complexity index is 1330. The highest BCUT2D eigenvalue weighted by Crippen LogP contribution is 2.29. The maximum atomic E-state index is 5.98. The molecule has 0 amide bonds. The monoisotopic (exact) mass is 397 g/mol. The van der Waals surface area contributed by atoms with Crippen molar-refractivity contribution in [2.75, 3.05) is 5.73 Å². The molecule has 2 heterocycles. The van der Waals surface area contributed by atoms with E-state index in [0.717, 1.165) is 27.6 Å². The minimum Gasteiger partial charge on any atom is -0.485 e. The predicted octanol–water partition coefficient (Wildman–Crippen LogP) is 5.62. The molecule has 0 aliphatic carbocycles. The van der Waals surface area contributed by atoms with E-state index in [0.29, 0.717) is 35.5 Å². The standard InChI is InChI=1S/C24H19N3O3/c1-15-18(9-5-10-20(15)25)23-26-24(30-27-23)22-13-12-17(29-22)14-28-21-11-4-7-16-6-2-3-8-19(16)21/h2-13H,14,25H2,1H3. The first-order valence-electron chi connectivity index (χ1n) is 9.58. The van der Waals surface area contributed by atoms with Crippen LogP contribution in [0, 0.1) is 6.92 Å². The van der Waals surface area contributed by atoms with Gasteiger partial charge in [-0.25, -0.2) is 0 Å². The van der Waals surface area contributed by atoms with Crippen molar-refractivity contribution in [2.45, 2.75) is 13.5 Å². The number of nitrogen functional groups attached to an aromatic ring is 1. The van der Waals surface area contributed by atoms with E-state index in [1.807, 2.05) is 61.5 Å². The smallest absolute Gasteiger partial charge is 0.293 e. The Morgan fingerprint density at radius 3 is 2.70 bits per heavy atom. The lowest BCUT2D eigenvalue weighted by molar-refractivity contribution is 0.273. The van der Waals surface area contributed by atoms with Crippen LogP contribution in [0.2, 0.25) is 0 Å². The second kappa shape index (κ2) is 7.40. The number of benzene rings is 3. The van der Waals surface area contributed by atoms with Crippen LogP contribution in [0.4, 0.5) is 5.69 Å². The molecule has 0 atom stereocenters. The zero-order chi connectivity index (χ0) is 20.5. The highest BCUT2D eigenvalue weighted by molar-refractivity contribution is 5.88. The predicted molar refractivity (Wildman–Crippen MR) is 115 cm³/mol. The molecule has 5 rings (SSSR count). The van der Waals surface area contributed by atoms with Crippen molar-refractivity contribution in [2.24, 2.45) is 0 Å². The van der Waals surface area contributed by atoms with Gasteiger partial charge in [0.05, 0.1) is 0 Å². The van der Waals surface area contributed by atoms with E-state index in [4.69, 9.17) is 19.4 Å². The fourth-order valence-electron chi connectivity index (χ4n) is 3.37. The molecule has 0 fully saturated rings. The second-order valence-electron chi connectivity index (χ2n) is 6.97. The van der Waals surface area contributed by atoms with Crippen LogP contribution < -0.4 is 10.5 Å². The Hall–Kier alpha value is -4.06. The largest absolute Gasteiger partial charge is 0.485 e. The molecule has 3 aromatic carbocycles. The molecule has 6 nitrogen and oxygen atoms in total. The third-order valence-corrected chi connectivity index (χ3v) is 5.03. The van der Waals surface area contributed by atoms with Crippen LogP contribution in [0.25, 0.3) is 33.8 Å². The molecule has 0 aliphatic rings. The van der Waals surface area contributed by atoms with Gasteiger partial charge in [-0.05, 0) is 42.1 Å². The topological polar surface area (TPSA) is 87.3 Å². The van der Waals surface area contributed by atoms with Gasteiger partial charge in [0, 0.05) is 16.6 Å². The number of hydrogen-bond acceptors (Lipinski definition) is 6. The van der Waals surface area contributed by atoms with Crippen molar-refractivity contribution in [1.82, 2.24) is 10.1 Å². The number of aromatic nitrogens is 2. The Balaban J connectivity index is 1.35. The number of anilines is 1. The van der Waals surface area contributed by atoms with Gasteiger partial charge in [-0.3, -0.25) is 0 Å². The van der Waals surface area contributed by atoms with Crippen molar-refractivity contribution in [3.63, 3.8) is 0 Å². The summed E-state index contributed by atoms with van der Waals surface area (Å²) in [5.41, 5.74) is 8.40. The number of rotatable bonds is 5. The third-order valence-electron chi connectivity index (χ3n) is 5.03. The van der Waals surface area contributed by atoms with Crippen LogP contribution in [-0.4, -0.2) is 10.1 Å². The normalized spacial score (nSPS) is 11.1. The van der Waals surface area contributed by atoms with Gasteiger partial charge < -0.3 is 19.4 Å². The molecule has 5 aromatic rings. The van der Waals surface area contributed by atoms with E-state index in [-0.39, 0.29) is 0 Å². The molecular formula is C24H19N3O3. The Morgan fingerprint density at radius 2 is 1.77 bits per heavy atom. The molecule has 2 N–H and O–H groups in total. The molecule has 30 heavy (non-hydrogen) atoms. The van der Waals surface area contributed by atoms with Gasteiger partial charge in [-0.2, -0.15) is 4.98 Å². The number of fused-ring (bicyclic) bond motifs is 1. The highest BCUT2D eigenvalue weighted by atomic mass is 16.5. The SMILES string of the molecule is Cc1c(N)cccc1-c1noc(-c2ccc(COc3cccc4ccccc34)o2)n1. The highest BCUT2D eigenvalue weighted by Gasteiger charge is 2.16. The minimum atomic E-state index is 0.295. The fourth-order valence-corrected chi connectivity index (χ4v) is 3.37. The molecule has 0 aliphatic heterocycles. The summed E-state index contributed by atoms with van der Waals surface area (Å²) in [6.07, 6.45) is 0. The summed E-state index contributed by atoms with van der Waals surface area (Å²) in [7, 11) is 0. The number of ether oxygens (including phenoxy) is 1. The van der Waals surface area contributed by atoms with E-state index in [2.05, 4.69) is 22.3 Å². The average molecular weight is 397 g/mol. The molecule has 0 radical (unpaired) electrons. The summed E-state index contributed by atoms with van der Waals surface area (Å²) >= 11 is 0. The number of nitrogens with two attached hydrogens (primary N) is 1. The number of furan rings is 1. The Labute approximate surface area is 172 Å². The molecule has 0 saturated heterocycles. The van der Waals surface area contributed by atoms with E-state index >= 15 is 0 Å². The molecule has 0 saturated carbocycles. The van der Waals surface area contributed by atoms with Crippen LogP contribution in [-0.2, 0) is 6.61 Å². The van der Waals surface area contributed by atoms with Crippen LogP contribution in [0.5, 0.6) is 5.75 Å². The van der Waals surface area contributed by atoms with Crippen LogP contribution in [0.15, 0.2) is 81.7 Å². The average Bonchev–Trinajstić information content (AvgIpc) is 3.44. The summed E-state index contributed by atoms with van der Waals surface area (Å²) in [5.74, 6) is 2.75. The quantitative estimate of drug-likeness (QED) is 0.387. The summed E-state index contributed by atoms with van der Waals surface area (Å²) in [6.45, 7) is 2.22. The summed E-state index contributed by atoms with van der Waals surface area (Å²) in [6, 6.07) is 23.3. The lowest BCUT2D eigenvalue weighted by atomic mass is 10.1. The first kappa shape index (κ1) is 18.0. The van der Waals surface area contributed by atoms with Crippen LogP contribution >= 0.6 is 0 Å². The van der Waals surface area contributed by atoms with Gasteiger partial charge in [0.25, 0.3) is 5.89 Å². The molecule has 2 aromatic heterocycles. The maximum Gasteiger partial charge on any atom is 0.293 e. The minimum absolute atomic E-state index is 0.295. The van der Waals surface area contributed by atoms with Gasteiger partial charge >= 0.3 is 0 Å². The lowest BCUT2D eigenvalue weighted by Crippen LogP contribution is -1.94. The summed E-state index contributed by atoms with van der Waals surface area (Å²) in [5, 5.41) is 6.26. The van der Waals surface area contributed by atoms with E-state index < -0.39 is 0 Å². The van der Waals surface area contributed by atoms with Crippen molar-refractivity contribution in [1.29, 1.82) is 0 Å². The van der Waals surface area contributed by atoms with Crippen LogP contribution in [0.1, 0.15) is 11.3 Å². The number of nitrogens with zero attached hydrogens (tertiary/aromatic N) is 2. The second-order valence-corrected chi connectivity index (χ2v) is 6.97. The molecule has 6 heteroatoms. The molecule has 0 bridgehead atoms. The zero-order valence-electron chi connectivity index (χ0n) is 16.3. The first-order chi connectivity index (χ1) is 14.7. The van der Waals surface area contributed by atoms with Crippen molar-refractivity contribution < 1.29 is 13.7 Å². The molecular weight excluding hydrogens is 378 g/mol. The van der Waals surface area contributed by atoms with Gasteiger partial charge in [0.15, 0.2) is 5.76 Å². The Kier molecular flexibility index (Phi) is 4.44. The van der Waals surface area contributed by atoms with Crippen molar-refractivity contribution in [3.05, 3.63) is 84.1 Å². The van der Waals surface area contributed by atoms with Crippen molar-refractivity contribution in [3.8, 4) is 28.8 Å². The van der Waals surface area contributed by atoms with Gasteiger partial charge in [-0.15, -0.1) is 0 Å². The van der Waals surface area contributed by atoms with Crippen molar-refractivity contribution >= 4 is 16.5 Å². The third kappa shape index (κ3) is 3.28. The summed E-state index contributed by atoms with van der Waals surface area (Å²) < 4.78 is 17.2. The van der Waals surface area contributed by atoms with E-state index in [1.165, 1.54) is 0 Å². The number of hydrogen-bond donors (Lipinski definition) is 1. The maximum absolute atomic E-state index is 5.98. The van der Waals surface area contributed by atoms with Gasteiger partial charge in [0.2, 0.25) is 5.82 Å². The fraction of sp³-hybridized carbons (Fsp3) is 0.0833. The zero-order valence-corrected chi connectivity index (χ0v) is 16.3. The molecule has 148 valence electrons. The Morgan fingerprint density at radius 1 is 0.933 bits per heavy atom. The van der Waals surface area contributed by atoms with Gasteiger partial charge in [0.1, 0.15) is 18.1 Å².